The highest BCUT2D eigenvalue weighted by atomic mass is 16.5. The highest BCUT2D eigenvalue weighted by Crippen LogP contribution is 2.31. The summed E-state index contributed by atoms with van der Waals surface area (Å²) in [6.45, 7) is 4.07. The number of rotatable bonds is 4. The van der Waals surface area contributed by atoms with Crippen molar-refractivity contribution in [1.29, 1.82) is 0 Å². The fourth-order valence-electron chi connectivity index (χ4n) is 3.29. The number of hydrazine groups is 1. The maximum Gasteiger partial charge on any atom is 0.119 e. The fraction of sp³-hybridized carbons (Fsp3) is 0.625. The molecule has 0 saturated carbocycles. The van der Waals surface area contributed by atoms with E-state index in [-0.39, 0.29) is 5.54 Å². The lowest BCUT2D eigenvalue weighted by atomic mass is 9.78. The topological polar surface area (TPSA) is 59.8 Å². The van der Waals surface area contributed by atoms with E-state index in [4.69, 9.17) is 15.2 Å². The standard InChI is InChI=1S/C16H25N3O2/c1-20-15-3-2-13-4-5-16(12-17,11-14(13)10-15)18-19-6-8-21-9-7-19/h2-3,10,18H,4-9,11-12,17H2,1H3. The number of benzene rings is 1. The number of aryl methyl sites for hydroxylation is 1. The van der Waals surface area contributed by atoms with Crippen LogP contribution in [-0.4, -0.2) is 50.5 Å². The molecule has 1 atom stereocenters. The van der Waals surface area contributed by atoms with Crippen LogP contribution >= 0.6 is 0 Å². The van der Waals surface area contributed by atoms with Crippen LogP contribution in [0.3, 0.4) is 0 Å². The molecule has 3 N–H and O–H groups in total. The summed E-state index contributed by atoms with van der Waals surface area (Å²) in [6.07, 6.45) is 3.08. The van der Waals surface area contributed by atoms with Gasteiger partial charge < -0.3 is 15.2 Å². The molecule has 0 amide bonds. The molecular formula is C16H25N3O2. The maximum absolute atomic E-state index is 6.13. The molecule has 1 heterocycles. The third kappa shape index (κ3) is 3.21. The average Bonchev–Trinajstić information content (AvgIpc) is 2.55. The number of nitrogens with one attached hydrogen (secondary N) is 1. The second-order valence-electron chi connectivity index (χ2n) is 6.01. The molecule has 1 aromatic carbocycles. The normalized spacial score (nSPS) is 26.4. The Morgan fingerprint density at radius 3 is 2.86 bits per heavy atom. The van der Waals surface area contributed by atoms with Gasteiger partial charge in [-0.15, -0.1) is 0 Å². The number of nitrogens with two attached hydrogens (primary N) is 1. The summed E-state index contributed by atoms with van der Waals surface area (Å²) >= 11 is 0. The summed E-state index contributed by atoms with van der Waals surface area (Å²) in [7, 11) is 1.71. The van der Waals surface area contributed by atoms with Crippen LogP contribution in [0.25, 0.3) is 0 Å². The van der Waals surface area contributed by atoms with Gasteiger partial charge in [-0.25, -0.2) is 10.4 Å². The van der Waals surface area contributed by atoms with Gasteiger partial charge in [0.25, 0.3) is 0 Å². The molecule has 2 aliphatic rings. The van der Waals surface area contributed by atoms with Crippen LogP contribution in [0.1, 0.15) is 17.5 Å². The van der Waals surface area contributed by atoms with Crippen LogP contribution in [0.5, 0.6) is 5.75 Å². The van der Waals surface area contributed by atoms with E-state index >= 15 is 0 Å². The lowest BCUT2D eigenvalue weighted by molar-refractivity contribution is -0.0142. The van der Waals surface area contributed by atoms with Crippen LogP contribution in [0.2, 0.25) is 0 Å². The van der Waals surface area contributed by atoms with Crippen molar-refractivity contribution < 1.29 is 9.47 Å². The molecule has 3 rings (SSSR count). The van der Waals surface area contributed by atoms with Gasteiger partial charge in [-0.3, -0.25) is 0 Å². The molecule has 0 bridgehead atoms. The van der Waals surface area contributed by atoms with Crippen molar-refractivity contribution in [2.75, 3.05) is 40.0 Å². The summed E-state index contributed by atoms with van der Waals surface area (Å²) < 4.78 is 10.8. The Hall–Kier alpha value is -1.14. The van der Waals surface area contributed by atoms with Gasteiger partial charge in [0.2, 0.25) is 0 Å². The van der Waals surface area contributed by atoms with Crippen molar-refractivity contribution in [3.63, 3.8) is 0 Å². The summed E-state index contributed by atoms with van der Waals surface area (Å²) in [5.74, 6) is 0.924. The molecule has 1 fully saturated rings. The minimum Gasteiger partial charge on any atom is -0.497 e. The number of hydrogen-bond acceptors (Lipinski definition) is 5. The first-order valence-corrected chi connectivity index (χ1v) is 7.71. The molecule has 116 valence electrons. The number of fused-ring (bicyclic) bond motifs is 1. The van der Waals surface area contributed by atoms with E-state index < -0.39 is 0 Å². The van der Waals surface area contributed by atoms with E-state index in [1.165, 1.54) is 11.1 Å². The van der Waals surface area contributed by atoms with E-state index in [0.717, 1.165) is 51.3 Å². The number of ether oxygens (including phenoxy) is 2. The molecule has 1 aliphatic heterocycles. The first-order chi connectivity index (χ1) is 10.2. The number of hydrogen-bond donors (Lipinski definition) is 2. The second kappa shape index (κ2) is 6.32. The second-order valence-corrected chi connectivity index (χ2v) is 6.01. The summed E-state index contributed by atoms with van der Waals surface area (Å²) in [5, 5.41) is 2.27. The Morgan fingerprint density at radius 1 is 1.33 bits per heavy atom. The first-order valence-electron chi connectivity index (χ1n) is 7.71. The van der Waals surface area contributed by atoms with Gasteiger partial charge in [0.05, 0.1) is 20.3 Å². The minimum atomic E-state index is -0.0449. The summed E-state index contributed by atoms with van der Waals surface area (Å²) in [6, 6.07) is 6.38. The Morgan fingerprint density at radius 2 is 2.14 bits per heavy atom. The van der Waals surface area contributed by atoms with Crippen molar-refractivity contribution in [3.8, 4) is 5.75 Å². The Balaban J connectivity index is 1.76. The molecule has 1 unspecified atom stereocenters. The number of nitrogens with zero attached hydrogens (tertiary/aromatic N) is 1. The highest BCUT2D eigenvalue weighted by Gasteiger charge is 2.35. The zero-order valence-electron chi connectivity index (χ0n) is 12.7. The van der Waals surface area contributed by atoms with Crippen LogP contribution < -0.4 is 15.9 Å². The Kier molecular flexibility index (Phi) is 4.45. The van der Waals surface area contributed by atoms with Gasteiger partial charge in [0, 0.05) is 25.2 Å². The smallest absolute Gasteiger partial charge is 0.119 e. The molecule has 21 heavy (non-hydrogen) atoms. The van der Waals surface area contributed by atoms with Gasteiger partial charge in [-0.2, -0.15) is 0 Å². The summed E-state index contributed by atoms with van der Waals surface area (Å²) in [5.41, 5.74) is 12.5. The van der Waals surface area contributed by atoms with E-state index in [1.54, 1.807) is 7.11 Å². The van der Waals surface area contributed by atoms with Crippen LogP contribution in [0.4, 0.5) is 0 Å². The van der Waals surface area contributed by atoms with E-state index in [2.05, 4.69) is 22.6 Å². The van der Waals surface area contributed by atoms with Gasteiger partial charge in [0.15, 0.2) is 0 Å². The predicted molar refractivity (Wildman–Crippen MR) is 82.3 cm³/mol. The zero-order valence-corrected chi connectivity index (χ0v) is 12.7. The van der Waals surface area contributed by atoms with Crippen LogP contribution in [0.15, 0.2) is 18.2 Å². The lowest BCUT2D eigenvalue weighted by Gasteiger charge is -2.43. The number of methoxy groups -OCH3 is 1. The van der Waals surface area contributed by atoms with Gasteiger partial charge in [0.1, 0.15) is 5.75 Å². The van der Waals surface area contributed by atoms with Crippen LogP contribution in [0, 0.1) is 0 Å². The summed E-state index contributed by atoms with van der Waals surface area (Å²) in [4.78, 5) is 0. The van der Waals surface area contributed by atoms with Crippen molar-refractivity contribution >= 4 is 0 Å². The van der Waals surface area contributed by atoms with E-state index in [1.807, 2.05) is 6.07 Å². The molecule has 5 nitrogen and oxygen atoms in total. The molecule has 5 heteroatoms. The molecular weight excluding hydrogens is 266 g/mol. The molecule has 1 saturated heterocycles. The molecule has 1 aromatic rings. The fourth-order valence-corrected chi connectivity index (χ4v) is 3.29. The van der Waals surface area contributed by atoms with E-state index in [9.17, 15) is 0 Å². The maximum atomic E-state index is 6.13. The van der Waals surface area contributed by atoms with Gasteiger partial charge in [-0.05, 0) is 42.5 Å². The van der Waals surface area contributed by atoms with Crippen molar-refractivity contribution in [3.05, 3.63) is 29.3 Å². The molecule has 0 radical (unpaired) electrons. The van der Waals surface area contributed by atoms with Crippen LogP contribution in [-0.2, 0) is 17.6 Å². The molecule has 0 aromatic heterocycles. The lowest BCUT2D eigenvalue weighted by Crippen LogP contribution is -2.62. The average molecular weight is 291 g/mol. The van der Waals surface area contributed by atoms with Crippen molar-refractivity contribution in [2.24, 2.45) is 5.73 Å². The van der Waals surface area contributed by atoms with Gasteiger partial charge in [-0.1, -0.05) is 6.07 Å². The monoisotopic (exact) mass is 291 g/mol. The predicted octanol–water partition coefficient (Wildman–Crippen LogP) is 0.718. The van der Waals surface area contributed by atoms with Gasteiger partial charge >= 0.3 is 0 Å². The van der Waals surface area contributed by atoms with Crippen molar-refractivity contribution in [2.45, 2.75) is 24.8 Å². The first kappa shape index (κ1) is 14.8. The van der Waals surface area contributed by atoms with Crippen molar-refractivity contribution in [1.82, 2.24) is 10.4 Å². The third-order valence-electron chi connectivity index (χ3n) is 4.61. The molecule has 0 spiro atoms. The zero-order chi connectivity index (χ0) is 14.7. The molecule has 1 aliphatic carbocycles. The highest BCUT2D eigenvalue weighted by molar-refractivity contribution is 5.39. The van der Waals surface area contributed by atoms with E-state index in [0.29, 0.717) is 6.54 Å². The quantitative estimate of drug-likeness (QED) is 0.856. The Labute approximate surface area is 126 Å². The Bertz CT molecular complexity index is 488. The third-order valence-corrected chi connectivity index (χ3v) is 4.61. The minimum absolute atomic E-state index is 0.0449. The SMILES string of the molecule is COc1ccc2c(c1)CC(CN)(NN1CCOCC1)CC2. The number of morpholine rings is 1. The largest absolute Gasteiger partial charge is 0.497 e.